The Balaban J connectivity index is 1.48. The first-order valence-electron chi connectivity index (χ1n) is 9.08. The summed E-state index contributed by atoms with van der Waals surface area (Å²) in [5.41, 5.74) is 1.89. The SMILES string of the molecule is CN1C(=O)C2(CCN(c3nc4ncccc4c(=O)[nH]3)CC2)c2ccccc21. The smallest absolute Gasteiger partial charge is 0.261 e. The summed E-state index contributed by atoms with van der Waals surface area (Å²) in [6, 6.07) is 11.5. The van der Waals surface area contributed by atoms with Gasteiger partial charge in [-0.1, -0.05) is 18.2 Å². The Labute approximate surface area is 155 Å². The molecule has 136 valence electrons. The minimum absolute atomic E-state index is 0.157. The summed E-state index contributed by atoms with van der Waals surface area (Å²) in [5.74, 6) is 0.679. The second-order valence-corrected chi connectivity index (χ2v) is 7.21. The number of aromatic amines is 1. The number of piperidine rings is 1. The number of nitrogens with one attached hydrogen (secondary N) is 1. The van der Waals surface area contributed by atoms with E-state index in [1.807, 2.05) is 30.1 Å². The lowest BCUT2D eigenvalue weighted by molar-refractivity contribution is -0.123. The van der Waals surface area contributed by atoms with Crippen molar-refractivity contribution in [1.82, 2.24) is 15.0 Å². The summed E-state index contributed by atoms with van der Waals surface area (Å²) in [5, 5.41) is 0.483. The second kappa shape index (κ2) is 5.64. The van der Waals surface area contributed by atoms with Crippen molar-refractivity contribution in [3.8, 4) is 0 Å². The highest BCUT2D eigenvalue weighted by atomic mass is 16.2. The summed E-state index contributed by atoms with van der Waals surface area (Å²) in [7, 11) is 1.84. The van der Waals surface area contributed by atoms with Crippen molar-refractivity contribution >= 4 is 28.6 Å². The van der Waals surface area contributed by atoms with Gasteiger partial charge in [-0.25, -0.2) is 4.98 Å². The Hall–Kier alpha value is -3.22. The molecule has 4 heterocycles. The van der Waals surface area contributed by atoms with Crippen LogP contribution in [0.4, 0.5) is 11.6 Å². The van der Waals surface area contributed by atoms with Gasteiger partial charge in [0.2, 0.25) is 11.9 Å². The molecule has 0 saturated carbocycles. The largest absolute Gasteiger partial charge is 0.342 e. The van der Waals surface area contributed by atoms with Crippen LogP contribution in [0.2, 0.25) is 0 Å². The van der Waals surface area contributed by atoms with Crippen molar-refractivity contribution in [2.45, 2.75) is 18.3 Å². The molecule has 7 heteroatoms. The molecule has 2 aliphatic rings. The summed E-state index contributed by atoms with van der Waals surface area (Å²) in [6.45, 7) is 1.30. The minimum atomic E-state index is -0.475. The zero-order valence-electron chi connectivity index (χ0n) is 15.0. The quantitative estimate of drug-likeness (QED) is 0.715. The van der Waals surface area contributed by atoms with Gasteiger partial charge in [0.15, 0.2) is 5.65 Å². The normalized spacial score (nSPS) is 18.3. The molecular formula is C20H19N5O2. The highest BCUT2D eigenvalue weighted by Gasteiger charge is 2.50. The number of nitrogens with zero attached hydrogens (tertiary/aromatic N) is 4. The minimum Gasteiger partial charge on any atom is -0.342 e. The number of carbonyl (C=O) groups is 1. The molecule has 0 aliphatic carbocycles. The molecular weight excluding hydrogens is 342 g/mol. The van der Waals surface area contributed by atoms with E-state index in [2.05, 4.69) is 21.0 Å². The van der Waals surface area contributed by atoms with Gasteiger partial charge in [0.05, 0.1) is 10.8 Å². The van der Waals surface area contributed by atoms with Crippen LogP contribution in [-0.2, 0) is 10.2 Å². The lowest BCUT2D eigenvalue weighted by atomic mass is 9.73. The number of carbonyl (C=O) groups excluding carboxylic acids is 1. The van der Waals surface area contributed by atoms with E-state index in [4.69, 9.17) is 0 Å². The van der Waals surface area contributed by atoms with Gasteiger partial charge in [0.25, 0.3) is 5.56 Å². The number of para-hydroxylation sites is 1. The van der Waals surface area contributed by atoms with E-state index >= 15 is 0 Å². The van der Waals surface area contributed by atoms with E-state index in [-0.39, 0.29) is 11.5 Å². The van der Waals surface area contributed by atoms with Crippen molar-refractivity contribution in [3.63, 3.8) is 0 Å². The first kappa shape index (κ1) is 16.0. The molecule has 0 bridgehead atoms. The van der Waals surface area contributed by atoms with Gasteiger partial charge >= 0.3 is 0 Å². The number of aromatic nitrogens is 3. The van der Waals surface area contributed by atoms with Crippen molar-refractivity contribution in [2.75, 3.05) is 29.9 Å². The summed E-state index contributed by atoms with van der Waals surface area (Å²) in [4.78, 5) is 40.7. The first-order chi connectivity index (χ1) is 13.1. The van der Waals surface area contributed by atoms with Gasteiger partial charge < -0.3 is 9.80 Å². The molecule has 5 rings (SSSR count). The maximum Gasteiger partial charge on any atom is 0.261 e. The topological polar surface area (TPSA) is 82.2 Å². The monoisotopic (exact) mass is 361 g/mol. The zero-order chi connectivity index (χ0) is 18.6. The third-order valence-corrected chi connectivity index (χ3v) is 5.88. The van der Waals surface area contributed by atoms with Crippen LogP contribution >= 0.6 is 0 Å². The maximum absolute atomic E-state index is 13.0. The number of amides is 1. The third kappa shape index (κ3) is 2.21. The molecule has 0 atom stereocenters. The van der Waals surface area contributed by atoms with Gasteiger partial charge in [-0.15, -0.1) is 0 Å². The Morgan fingerprint density at radius 3 is 2.67 bits per heavy atom. The Morgan fingerprint density at radius 1 is 1.07 bits per heavy atom. The van der Waals surface area contributed by atoms with Crippen LogP contribution in [0, 0.1) is 0 Å². The molecule has 27 heavy (non-hydrogen) atoms. The number of hydrogen-bond acceptors (Lipinski definition) is 5. The van der Waals surface area contributed by atoms with Gasteiger partial charge in [0.1, 0.15) is 0 Å². The van der Waals surface area contributed by atoms with Gasteiger partial charge in [-0.2, -0.15) is 4.98 Å². The van der Waals surface area contributed by atoms with Crippen molar-refractivity contribution in [2.24, 2.45) is 0 Å². The Morgan fingerprint density at radius 2 is 1.85 bits per heavy atom. The first-order valence-corrected chi connectivity index (χ1v) is 9.08. The van der Waals surface area contributed by atoms with Crippen LogP contribution in [0.5, 0.6) is 0 Å². The van der Waals surface area contributed by atoms with Gasteiger partial charge in [-0.05, 0) is 36.6 Å². The molecule has 1 spiro atoms. The van der Waals surface area contributed by atoms with Crippen LogP contribution in [0.3, 0.4) is 0 Å². The van der Waals surface area contributed by atoms with Gasteiger partial charge in [0, 0.05) is 32.0 Å². The van der Waals surface area contributed by atoms with Crippen molar-refractivity contribution in [3.05, 3.63) is 58.5 Å². The lowest BCUT2D eigenvalue weighted by Gasteiger charge is -2.38. The Bertz CT molecular complexity index is 1110. The maximum atomic E-state index is 13.0. The number of fused-ring (bicyclic) bond motifs is 3. The predicted molar refractivity (Wildman–Crippen MR) is 103 cm³/mol. The van der Waals surface area contributed by atoms with Crippen LogP contribution in [0.15, 0.2) is 47.4 Å². The fourth-order valence-corrected chi connectivity index (χ4v) is 4.41. The van der Waals surface area contributed by atoms with Crippen LogP contribution in [0.1, 0.15) is 18.4 Å². The molecule has 1 fully saturated rings. The van der Waals surface area contributed by atoms with E-state index in [1.165, 1.54) is 0 Å². The third-order valence-electron chi connectivity index (χ3n) is 5.88. The molecule has 1 N–H and O–H groups in total. The van der Waals surface area contributed by atoms with Crippen molar-refractivity contribution < 1.29 is 4.79 Å². The second-order valence-electron chi connectivity index (χ2n) is 7.21. The van der Waals surface area contributed by atoms with Crippen LogP contribution in [-0.4, -0.2) is 41.0 Å². The highest BCUT2D eigenvalue weighted by Crippen LogP contribution is 2.47. The molecule has 1 amide bonds. The molecule has 1 aromatic carbocycles. The molecule has 1 saturated heterocycles. The summed E-state index contributed by atoms with van der Waals surface area (Å²) in [6.07, 6.45) is 3.02. The van der Waals surface area contributed by atoms with E-state index in [9.17, 15) is 9.59 Å². The lowest BCUT2D eigenvalue weighted by Crippen LogP contribution is -2.48. The van der Waals surface area contributed by atoms with Crippen molar-refractivity contribution in [1.29, 1.82) is 0 Å². The number of likely N-dealkylation sites (N-methyl/N-ethyl adjacent to an activating group) is 1. The molecule has 0 radical (unpaired) electrons. The van der Waals surface area contributed by atoms with E-state index in [0.717, 1.165) is 11.3 Å². The number of pyridine rings is 1. The average molecular weight is 361 g/mol. The average Bonchev–Trinajstić information content (AvgIpc) is 2.91. The van der Waals surface area contributed by atoms with E-state index < -0.39 is 5.41 Å². The molecule has 3 aromatic rings. The van der Waals surface area contributed by atoms with Crippen LogP contribution < -0.4 is 15.4 Å². The fraction of sp³-hybridized carbons (Fsp3) is 0.300. The van der Waals surface area contributed by atoms with E-state index in [1.54, 1.807) is 23.2 Å². The van der Waals surface area contributed by atoms with Gasteiger partial charge in [-0.3, -0.25) is 14.6 Å². The molecule has 2 aliphatic heterocycles. The fourth-order valence-electron chi connectivity index (χ4n) is 4.41. The zero-order valence-corrected chi connectivity index (χ0v) is 15.0. The predicted octanol–water partition coefficient (Wildman–Crippen LogP) is 1.83. The summed E-state index contributed by atoms with van der Waals surface area (Å²) < 4.78 is 0. The number of benzene rings is 1. The highest BCUT2D eigenvalue weighted by molar-refractivity contribution is 6.07. The van der Waals surface area contributed by atoms with E-state index in [0.29, 0.717) is 42.9 Å². The number of rotatable bonds is 1. The Kier molecular flexibility index (Phi) is 3.34. The number of hydrogen-bond donors (Lipinski definition) is 1. The molecule has 2 aromatic heterocycles. The summed E-state index contributed by atoms with van der Waals surface area (Å²) >= 11 is 0. The van der Waals surface area contributed by atoms with Crippen LogP contribution in [0.25, 0.3) is 11.0 Å². The molecule has 0 unspecified atom stereocenters. The number of anilines is 2. The molecule has 7 nitrogen and oxygen atoms in total. The number of H-pyrrole nitrogens is 1. The standard InChI is InChI=1S/C20H19N5O2/c1-24-15-7-3-2-6-14(15)20(18(24)27)8-11-25(12-9-20)19-22-16-13(17(26)23-19)5-4-10-21-16/h2-7,10H,8-9,11-12H2,1H3,(H,21,22,23,26).